The summed E-state index contributed by atoms with van der Waals surface area (Å²) >= 11 is 0. The van der Waals surface area contributed by atoms with Crippen molar-refractivity contribution in [1.29, 1.82) is 0 Å². The van der Waals surface area contributed by atoms with E-state index < -0.39 is 5.91 Å². The molecule has 1 aliphatic heterocycles. The van der Waals surface area contributed by atoms with Crippen molar-refractivity contribution >= 4 is 34.2 Å². The van der Waals surface area contributed by atoms with Crippen molar-refractivity contribution in [3.63, 3.8) is 0 Å². The number of hydrogen-bond acceptors (Lipinski definition) is 6. The van der Waals surface area contributed by atoms with Gasteiger partial charge in [0.1, 0.15) is 5.69 Å². The number of amides is 2. The SMILES string of the molecule is CCn1c(=O)c(C)nc2cc(C(=O)Nc3ccccc3C(=O)Nc3ccc4c(c3)OCO4)ccc21. The number of nitrogens with one attached hydrogen (secondary N) is 2. The fraction of sp³-hybridized carbons (Fsp3) is 0.154. The minimum Gasteiger partial charge on any atom is -0.454 e. The van der Waals surface area contributed by atoms with Crippen LogP contribution in [-0.2, 0) is 6.54 Å². The number of anilines is 2. The van der Waals surface area contributed by atoms with Crippen LogP contribution in [0.15, 0.2) is 65.5 Å². The zero-order chi connectivity index (χ0) is 24.5. The molecular formula is C26H22N4O5. The van der Waals surface area contributed by atoms with E-state index in [2.05, 4.69) is 15.6 Å². The van der Waals surface area contributed by atoms with Gasteiger partial charge in [-0.1, -0.05) is 12.1 Å². The van der Waals surface area contributed by atoms with Crippen LogP contribution < -0.4 is 25.7 Å². The van der Waals surface area contributed by atoms with E-state index in [4.69, 9.17) is 9.47 Å². The predicted octanol–water partition coefficient (Wildman–Crippen LogP) is 3.96. The zero-order valence-electron chi connectivity index (χ0n) is 19.1. The number of aryl methyl sites for hydroxylation is 2. The molecule has 2 heterocycles. The fourth-order valence-corrected chi connectivity index (χ4v) is 3.99. The highest BCUT2D eigenvalue weighted by Gasteiger charge is 2.18. The fourth-order valence-electron chi connectivity index (χ4n) is 3.99. The average molecular weight is 470 g/mol. The van der Waals surface area contributed by atoms with Gasteiger partial charge in [0.2, 0.25) is 6.79 Å². The lowest BCUT2D eigenvalue weighted by Gasteiger charge is -2.13. The van der Waals surface area contributed by atoms with Gasteiger partial charge in [-0.2, -0.15) is 0 Å². The molecule has 0 atom stereocenters. The van der Waals surface area contributed by atoms with Crippen LogP contribution in [-0.4, -0.2) is 28.2 Å². The van der Waals surface area contributed by atoms with Gasteiger partial charge in [-0.3, -0.25) is 14.4 Å². The van der Waals surface area contributed by atoms with E-state index in [1.165, 1.54) is 0 Å². The summed E-state index contributed by atoms with van der Waals surface area (Å²) < 4.78 is 12.3. The van der Waals surface area contributed by atoms with E-state index in [9.17, 15) is 14.4 Å². The summed E-state index contributed by atoms with van der Waals surface area (Å²) in [5.41, 5.74) is 2.97. The Balaban J connectivity index is 1.39. The van der Waals surface area contributed by atoms with Crippen molar-refractivity contribution in [1.82, 2.24) is 9.55 Å². The summed E-state index contributed by atoms with van der Waals surface area (Å²) in [7, 11) is 0. The van der Waals surface area contributed by atoms with E-state index in [0.29, 0.717) is 57.3 Å². The first kappa shape index (κ1) is 22.1. The van der Waals surface area contributed by atoms with Gasteiger partial charge in [0.05, 0.1) is 22.3 Å². The summed E-state index contributed by atoms with van der Waals surface area (Å²) in [5, 5.41) is 5.64. The molecule has 0 saturated carbocycles. The quantitative estimate of drug-likeness (QED) is 0.457. The monoisotopic (exact) mass is 470 g/mol. The van der Waals surface area contributed by atoms with Crippen molar-refractivity contribution in [3.8, 4) is 11.5 Å². The molecule has 0 bridgehead atoms. The summed E-state index contributed by atoms with van der Waals surface area (Å²) in [4.78, 5) is 42.7. The van der Waals surface area contributed by atoms with E-state index in [0.717, 1.165) is 0 Å². The molecule has 35 heavy (non-hydrogen) atoms. The Bertz CT molecular complexity index is 1540. The number of para-hydroxylation sites is 1. The second-order valence-electron chi connectivity index (χ2n) is 7.97. The lowest BCUT2D eigenvalue weighted by Crippen LogP contribution is -2.23. The molecule has 5 rings (SSSR count). The van der Waals surface area contributed by atoms with Gasteiger partial charge in [-0.25, -0.2) is 4.98 Å². The predicted molar refractivity (Wildman–Crippen MR) is 131 cm³/mol. The molecule has 1 aromatic heterocycles. The van der Waals surface area contributed by atoms with Crippen LogP contribution in [0.4, 0.5) is 11.4 Å². The molecule has 0 saturated heterocycles. The summed E-state index contributed by atoms with van der Waals surface area (Å²) in [6.07, 6.45) is 0. The Morgan fingerprint density at radius 1 is 0.971 bits per heavy atom. The molecule has 3 aromatic carbocycles. The molecule has 0 fully saturated rings. The van der Waals surface area contributed by atoms with Gasteiger partial charge in [0.25, 0.3) is 17.4 Å². The number of fused-ring (bicyclic) bond motifs is 2. The maximum Gasteiger partial charge on any atom is 0.272 e. The van der Waals surface area contributed by atoms with Gasteiger partial charge >= 0.3 is 0 Å². The normalized spacial score (nSPS) is 11.9. The number of benzene rings is 3. The first-order valence-corrected chi connectivity index (χ1v) is 11.1. The first-order chi connectivity index (χ1) is 16.9. The lowest BCUT2D eigenvalue weighted by atomic mass is 10.1. The first-order valence-electron chi connectivity index (χ1n) is 11.1. The van der Waals surface area contributed by atoms with Crippen LogP contribution in [0.1, 0.15) is 33.3 Å². The summed E-state index contributed by atoms with van der Waals surface area (Å²) in [6, 6.07) is 16.8. The highest BCUT2D eigenvalue weighted by atomic mass is 16.7. The van der Waals surface area contributed by atoms with Crippen LogP contribution in [0.2, 0.25) is 0 Å². The molecule has 2 amide bonds. The third-order valence-electron chi connectivity index (χ3n) is 5.74. The van der Waals surface area contributed by atoms with E-state index >= 15 is 0 Å². The number of carbonyl (C=O) groups is 2. The Morgan fingerprint density at radius 2 is 1.77 bits per heavy atom. The number of ether oxygens (including phenoxy) is 2. The largest absolute Gasteiger partial charge is 0.454 e. The molecular weight excluding hydrogens is 448 g/mol. The maximum absolute atomic E-state index is 13.1. The molecule has 176 valence electrons. The van der Waals surface area contributed by atoms with Crippen LogP contribution in [0.25, 0.3) is 11.0 Å². The topological polar surface area (TPSA) is 112 Å². The molecule has 0 aliphatic carbocycles. The van der Waals surface area contributed by atoms with Crippen LogP contribution in [0, 0.1) is 6.92 Å². The van der Waals surface area contributed by atoms with Crippen molar-refractivity contribution in [2.75, 3.05) is 17.4 Å². The number of aromatic nitrogens is 2. The number of carbonyl (C=O) groups excluding carboxylic acids is 2. The Morgan fingerprint density at radius 3 is 2.60 bits per heavy atom. The van der Waals surface area contributed by atoms with Crippen LogP contribution in [0.5, 0.6) is 11.5 Å². The third kappa shape index (κ3) is 4.19. The van der Waals surface area contributed by atoms with Gasteiger partial charge in [-0.15, -0.1) is 0 Å². The highest BCUT2D eigenvalue weighted by molar-refractivity contribution is 6.13. The molecule has 2 N–H and O–H groups in total. The van der Waals surface area contributed by atoms with Gasteiger partial charge in [0, 0.05) is 23.9 Å². The standard InChI is InChI=1S/C26H22N4O5/c1-3-30-21-10-8-16(12-20(21)27-15(2)26(30)33)24(31)29-19-7-5-4-6-18(19)25(32)28-17-9-11-22-23(13-17)35-14-34-22/h4-13H,3,14H2,1-2H3,(H,28,32)(H,29,31). The molecule has 4 aromatic rings. The second kappa shape index (κ2) is 8.94. The van der Waals surface area contributed by atoms with Gasteiger partial charge < -0.3 is 24.7 Å². The number of nitrogens with zero attached hydrogens (tertiary/aromatic N) is 2. The minimum atomic E-state index is -0.399. The van der Waals surface area contributed by atoms with Crippen molar-refractivity contribution in [2.24, 2.45) is 0 Å². The molecule has 1 aliphatic rings. The Hall–Kier alpha value is -4.66. The van der Waals surface area contributed by atoms with Crippen molar-refractivity contribution in [3.05, 3.63) is 87.8 Å². The minimum absolute atomic E-state index is 0.141. The maximum atomic E-state index is 13.1. The zero-order valence-corrected chi connectivity index (χ0v) is 19.1. The van der Waals surface area contributed by atoms with Crippen LogP contribution in [0.3, 0.4) is 0 Å². The van der Waals surface area contributed by atoms with Crippen LogP contribution >= 0.6 is 0 Å². The lowest BCUT2D eigenvalue weighted by molar-refractivity contribution is 0.102. The second-order valence-corrected chi connectivity index (χ2v) is 7.97. The third-order valence-corrected chi connectivity index (χ3v) is 5.74. The van der Waals surface area contributed by atoms with E-state index in [1.807, 2.05) is 6.92 Å². The van der Waals surface area contributed by atoms with Crippen molar-refractivity contribution in [2.45, 2.75) is 20.4 Å². The Labute approximate surface area is 200 Å². The average Bonchev–Trinajstić information content (AvgIpc) is 3.33. The van der Waals surface area contributed by atoms with Gasteiger partial charge in [-0.05, 0) is 56.3 Å². The molecule has 0 spiro atoms. The summed E-state index contributed by atoms with van der Waals surface area (Å²) in [5.74, 6) is 0.385. The Kier molecular flexibility index (Phi) is 5.66. The molecule has 0 radical (unpaired) electrons. The number of rotatable bonds is 5. The van der Waals surface area contributed by atoms with E-state index in [1.54, 1.807) is 72.2 Å². The van der Waals surface area contributed by atoms with Gasteiger partial charge in [0.15, 0.2) is 11.5 Å². The smallest absolute Gasteiger partial charge is 0.272 e. The number of hydrogen-bond donors (Lipinski definition) is 2. The molecule has 0 unspecified atom stereocenters. The van der Waals surface area contributed by atoms with Crippen molar-refractivity contribution < 1.29 is 19.1 Å². The summed E-state index contributed by atoms with van der Waals surface area (Å²) in [6.45, 7) is 4.17. The highest BCUT2D eigenvalue weighted by Crippen LogP contribution is 2.34. The molecule has 9 nitrogen and oxygen atoms in total. The molecule has 9 heteroatoms. The van der Waals surface area contributed by atoms with E-state index in [-0.39, 0.29) is 18.3 Å².